The van der Waals surface area contributed by atoms with Crippen LogP contribution in [0.3, 0.4) is 0 Å². The fourth-order valence-electron chi connectivity index (χ4n) is 2.47. The van der Waals surface area contributed by atoms with Gasteiger partial charge in [0.2, 0.25) is 0 Å². The molecule has 7 heteroatoms. The summed E-state index contributed by atoms with van der Waals surface area (Å²) in [6.45, 7) is 0.914. The normalized spacial score (nSPS) is 16.2. The van der Waals surface area contributed by atoms with Gasteiger partial charge in [0.15, 0.2) is 0 Å². The van der Waals surface area contributed by atoms with Gasteiger partial charge < -0.3 is 20.7 Å². The summed E-state index contributed by atoms with van der Waals surface area (Å²) in [5, 5.41) is 14.4. The van der Waals surface area contributed by atoms with Gasteiger partial charge >= 0.3 is 12.0 Å². The van der Waals surface area contributed by atoms with Crippen molar-refractivity contribution in [1.29, 1.82) is 0 Å². The van der Waals surface area contributed by atoms with Gasteiger partial charge in [-0.25, -0.2) is 9.78 Å². The third-order valence-electron chi connectivity index (χ3n) is 3.77. The number of aromatic amines is 1. The van der Waals surface area contributed by atoms with E-state index >= 15 is 0 Å². The Morgan fingerprint density at radius 3 is 2.75 bits per heavy atom. The van der Waals surface area contributed by atoms with E-state index in [9.17, 15) is 9.59 Å². The third kappa shape index (κ3) is 3.97. The summed E-state index contributed by atoms with van der Waals surface area (Å²) in [6, 6.07) is -0.256. The molecule has 110 valence electrons. The molecule has 0 spiro atoms. The number of nitrogens with zero attached hydrogens (tertiary/aromatic N) is 1. The predicted molar refractivity (Wildman–Crippen MR) is 72.2 cm³/mol. The SMILES string of the molecule is O=C(O)CC1(CNC(=O)NCCc2ncc[nH]2)CCC1. The maximum Gasteiger partial charge on any atom is 0.314 e. The first-order valence-corrected chi connectivity index (χ1v) is 6.81. The molecule has 0 bridgehead atoms. The Labute approximate surface area is 117 Å². The number of aliphatic carboxylic acids is 1. The second kappa shape index (κ2) is 6.40. The lowest BCUT2D eigenvalue weighted by atomic mass is 9.66. The Morgan fingerprint density at radius 1 is 1.40 bits per heavy atom. The lowest BCUT2D eigenvalue weighted by molar-refractivity contribution is -0.141. The highest BCUT2D eigenvalue weighted by molar-refractivity contribution is 5.74. The molecule has 0 saturated heterocycles. The largest absolute Gasteiger partial charge is 0.481 e. The third-order valence-corrected chi connectivity index (χ3v) is 3.77. The molecule has 0 unspecified atom stereocenters. The molecule has 4 N–H and O–H groups in total. The molecule has 7 nitrogen and oxygen atoms in total. The summed E-state index contributed by atoms with van der Waals surface area (Å²) in [7, 11) is 0. The second-order valence-electron chi connectivity index (χ2n) is 5.32. The van der Waals surface area contributed by atoms with Crippen LogP contribution in [-0.4, -0.2) is 40.2 Å². The van der Waals surface area contributed by atoms with E-state index in [4.69, 9.17) is 5.11 Å². The first-order chi connectivity index (χ1) is 9.60. The van der Waals surface area contributed by atoms with Crippen molar-refractivity contribution in [2.24, 2.45) is 5.41 Å². The molecule has 1 saturated carbocycles. The van der Waals surface area contributed by atoms with Crippen molar-refractivity contribution in [3.05, 3.63) is 18.2 Å². The molecule has 2 amide bonds. The van der Waals surface area contributed by atoms with E-state index in [1.165, 1.54) is 0 Å². The molecule has 0 aromatic carbocycles. The molecule has 1 aromatic rings. The van der Waals surface area contributed by atoms with Crippen LogP contribution in [0, 0.1) is 5.41 Å². The minimum atomic E-state index is -0.801. The number of aromatic nitrogens is 2. The first-order valence-electron chi connectivity index (χ1n) is 6.81. The molecule has 1 aromatic heterocycles. The molecule has 20 heavy (non-hydrogen) atoms. The fourth-order valence-corrected chi connectivity index (χ4v) is 2.47. The number of urea groups is 1. The number of carbonyl (C=O) groups is 2. The number of hydrogen-bond acceptors (Lipinski definition) is 3. The first kappa shape index (κ1) is 14.4. The molecule has 0 radical (unpaired) electrons. The van der Waals surface area contributed by atoms with Crippen LogP contribution in [0.4, 0.5) is 4.79 Å². The Morgan fingerprint density at radius 2 is 2.20 bits per heavy atom. The van der Waals surface area contributed by atoms with E-state index in [0.717, 1.165) is 25.1 Å². The average Bonchev–Trinajstić information content (AvgIpc) is 2.85. The van der Waals surface area contributed by atoms with Crippen LogP contribution >= 0.6 is 0 Å². The highest BCUT2D eigenvalue weighted by atomic mass is 16.4. The minimum absolute atomic E-state index is 0.125. The van der Waals surface area contributed by atoms with Gasteiger partial charge in [0.25, 0.3) is 0 Å². The number of hydrogen-bond donors (Lipinski definition) is 4. The van der Waals surface area contributed by atoms with Crippen molar-refractivity contribution in [3.63, 3.8) is 0 Å². The smallest absolute Gasteiger partial charge is 0.314 e. The zero-order valence-electron chi connectivity index (χ0n) is 11.3. The Balaban J connectivity index is 1.65. The summed E-state index contributed by atoms with van der Waals surface area (Å²) in [5.74, 6) is 0.0244. The van der Waals surface area contributed by atoms with E-state index in [1.807, 2.05) is 0 Å². The van der Waals surface area contributed by atoms with Gasteiger partial charge in [-0.3, -0.25) is 4.79 Å². The summed E-state index contributed by atoms with van der Waals surface area (Å²) < 4.78 is 0. The number of carboxylic acids is 1. The lowest BCUT2D eigenvalue weighted by Gasteiger charge is -2.40. The number of carboxylic acid groups (broad SMARTS) is 1. The van der Waals surface area contributed by atoms with Crippen molar-refractivity contribution >= 4 is 12.0 Å². The molecule has 1 fully saturated rings. The van der Waals surface area contributed by atoms with Crippen LogP contribution in [0.15, 0.2) is 12.4 Å². The molecule has 2 rings (SSSR count). The monoisotopic (exact) mass is 280 g/mol. The Kier molecular flexibility index (Phi) is 4.60. The standard InChI is InChI=1S/C13H20N4O3/c18-11(19)8-13(3-1-4-13)9-17-12(20)16-5-2-10-14-6-7-15-10/h6-7H,1-5,8-9H2,(H,14,15)(H,18,19)(H2,16,17,20). The van der Waals surface area contributed by atoms with Crippen molar-refractivity contribution in [2.45, 2.75) is 32.1 Å². The molecule has 0 aliphatic heterocycles. The summed E-state index contributed by atoms with van der Waals surface area (Å²) in [6.07, 6.45) is 6.94. The van der Waals surface area contributed by atoms with Gasteiger partial charge in [0, 0.05) is 31.9 Å². The molecular formula is C13H20N4O3. The van der Waals surface area contributed by atoms with Crippen LogP contribution in [0.1, 0.15) is 31.5 Å². The van der Waals surface area contributed by atoms with Crippen LogP contribution in [0.25, 0.3) is 0 Å². The summed E-state index contributed by atoms with van der Waals surface area (Å²) in [5.41, 5.74) is -0.246. The lowest BCUT2D eigenvalue weighted by Crippen LogP contribution is -2.46. The zero-order valence-corrected chi connectivity index (χ0v) is 11.3. The van der Waals surface area contributed by atoms with E-state index < -0.39 is 5.97 Å². The van der Waals surface area contributed by atoms with Gasteiger partial charge in [-0.05, 0) is 18.3 Å². The molecule has 1 aliphatic carbocycles. The van der Waals surface area contributed by atoms with E-state index in [1.54, 1.807) is 12.4 Å². The molecular weight excluding hydrogens is 260 g/mol. The second-order valence-corrected chi connectivity index (χ2v) is 5.32. The number of amides is 2. The van der Waals surface area contributed by atoms with Crippen molar-refractivity contribution in [2.75, 3.05) is 13.1 Å². The topological polar surface area (TPSA) is 107 Å². The minimum Gasteiger partial charge on any atom is -0.481 e. The predicted octanol–water partition coefficient (Wildman–Crippen LogP) is 0.896. The maximum atomic E-state index is 11.6. The average molecular weight is 280 g/mol. The van der Waals surface area contributed by atoms with Crippen molar-refractivity contribution in [3.8, 4) is 0 Å². The molecule has 1 aliphatic rings. The summed E-state index contributed by atoms with van der Waals surface area (Å²) in [4.78, 5) is 29.5. The highest BCUT2D eigenvalue weighted by Crippen LogP contribution is 2.43. The fraction of sp³-hybridized carbons (Fsp3) is 0.615. The molecule has 1 heterocycles. The number of nitrogens with one attached hydrogen (secondary N) is 3. The number of carbonyl (C=O) groups excluding carboxylic acids is 1. The van der Waals surface area contributed by atoms with Crippen molar-refractivity contribution < 1.29 is 14.7 Å². The molecule has 0 atom stereocenters. The van der Waals surface area contributed by atoms with Crippen molar-refractivity contribution in [1.82, 2.24) is 20.6 Å². The van der Waals surface area contributed by atoms with Gasteiger partial charge in [0.1, 0.15) is 5.82 Å². The van der Waals surface area contributed by atoms with E-state index in [-0.39, 0.29) is 17.9 Å². The number of rotatable bonds is 7. The van der Waals surface area contributed by atoms with Gasteiger partial charge in [-0.15, -0.1) is 0 Å². The summed E-state index contributed by atoms with van der Waals surface area (Å²) >= 11 is 0. The number of imidazole rings is 1. The number of H-pyrrole nitrogens is 1. The maximum absolute atomic E-state index is 11.6. The van der Waals surface area contributed by atoms with Crippen LogP contribution in [0.5, 0.6) is 0 Å². The van der Waals surface area contributed by atoms with Crippen LogP contribution < -0.4 is 10.6 Å². The highest BCUT2D eigenvalue weighted by Gasteiger charge is 2.39. The van der Waals surface area contributed by atoms with Crippen LogP contribution in [0.2, 0.25) is 0 Å². The Bertz CT molecular complexity index is 454. The van der Waals surface area contributed by atoms with Gasteiger partial charge in [-0.2, -0.15) is 0 Å². The van der Waals surface area contributed by atoms with Gasteiger partial charge in [-0.1, -0.05) is 6.42 Å². The quantitative estimate of drug-likeness (QED) is 0.595. The Hall–Kier alpha value is -2.05. The zero-order chi connectivity index (χ0) is 14.4. The van der Waals surface area contributed by atoms with Crippen LogP contribution in [-0.2, 0) is 11.2 Å². The van der Waals surface area contributed by atoms with E-state index in [2.05, 4.69) is 20.6 Å². The van der Waals surface area contributed by atoms with Gasteiger partial charge in [0.05, 0.1) is 6.42 Å². The van der Waals surface area contributed by atoms with E-state index in [0.29, 0.717) is 19.5 Å².